The van der Waals surface area contributed by atoms with Crippen LogP contribution in [0.3, 0.4) is 0 Å². The minimum Gasteiger partial charge on any atom is -0.423 e. The van der Waals surface area contributed by atoms with Gasteiger partial charge in [0.1, 0.15) is 16.7 Å². The molecular weight excluding hydrogens is 1740 g/mol. The van der Waals surface area contributed by atoms with Crippen molar-refractivity contribution in [2.75, 3.05) is 24.1 Å². The number of allylic oxidation sites excluding steroid dienone is 3. The van der Waals surface area contributed by atoms with Gasteiger partial charge in [0.2, 0.25) is 11.4 Å². The van der Waals surface area contributed by atoms with Gasteiger partial charge in [-0.1, -0.05) is 248 Å². The fraction of sp³-hybridized carbons (Fsp3) is 0.142. The third-order valence-corrected chi connectivity index (χ3v) is 27.2. The number of para-hydroxylation sites is 3. The summed E-state index contributed by atoms with van der Waals surface area (Å²) in [5.41, 5.74) is 20.9. The van der Waals surface area contributed by atoms with Crippen molar-refractivity contribution in [3.8, 4) is 55.6 Å². The molecule has 0 aliphatic carbocycles. The Balaban J connectivity index is 0.000000114. The number of aromatic nitrogens is 7. The molecule has 8 aromatic carbocycles. The lowest BCUT2D eigenvalue weighted by atomic mass is 9.59. The first-order chi connectivity index (χ1) is 75.0. The zero-order chi connectivity index (χ0) is 110. The van der Waals surface area contributed by atoms with Gasteiger partial charge in [-0.3, -0.25) is 24.1 Å². The summed E-state index contributed by atoms with van der Waals surface area (Å²) in [7, 11) is 9.75. The van der Waals surface area contributed by atoms with E-state index in [1.165, 1.54) is 16.7 Å². The van der Waals surface area contributed by atoms with Crippen molar-refractivity contribution in [2.24, 2.45) is 35.2 Å². The smallest absolute Gasteiger partial charge is 0.406 e. The molecule has 20 aromatic rings. The topological polar surface area (TPSA) is 127 Å². The second-order valence-electron chi connectivity index (χ2n) is 36.7. The predicted octanol–water partition coefficient (Wildman–Crippen LogP) is 27.4. The highest BCUT2D eigenvalue weighted by Gasteiger charge is 2.45. The number of nitrogens with zero attached hydrogens (tertiary/aromatic N) is 12. The second kappa shape index (κ2) is 38.4. The largest absolute Gasteiger partial charge is 0.423 e. The van der Waals surface area contributed by atoms with Gasteiger partial charge in [0, 0.05) is 90.6 Å². The molecule has 0 atom stereocenters. The molecule has 0 radical (unpaired) electrons. The van der Waals surface area contributed by atoms with E-state index < -0.39 is 34.3 Å². The van der Waals surface area contributed by atoms with Gasteiger partial charge in [0.05, 0.1) is 105 Å². The third kappa shape index (κ3) is 17.1. The van der Waals surface area contributed by atoms with Crippen LogP contribution in [0.2, 0.25) is 34.1 Å². The highest BCUT2D eigenvalue weighted by molar-refractivity contribution is 6.72. The molecule has 0 amide bonds. The van der Waals surface area contributed by atoms with Crippen LogP contribution in [0, 0.1) is 27.6 Å². The maximum absolute atomic E-state index is 8.15. The molecule has 0 saturated carbocycles. The maximum Gasteiger partial charge on any atom is 0.406 e. The van der Waals surface area contributed by atoms with Crippen LogP contribution in [0.1, 0.15) is 91.2 Å². The number of anilines is 10. The lowest BCUT2D eigenvalue weighted by Gasteiger charge is -2.25. The maximum atomic E-state index is 8.15. The SMILES string of the molecule is CB1C=Cc2c(oc3ccccc23)N1c1cc(C)c(-c2ccccc2)c[n+]1C.[2H]C([2H])([2H])C1=CB(C)N(c2cc(-c3ccccc3)c(C([2H])([2H])[2H])c[n+]2C)c2oc3ccccc3c21.[2H]C([2H])([2H])C1=CB(C)N(c2cc(-c3ccccc3)cc[n+]2C)c2oc3ncccc3c21.[2H]C([2H])([2H])C1=CB(C)N(c2cc(C)c(-c3ccccc3)c[n+]2C)c2oc3ccccc3c21.[2H]C([2H])([2H])c1c[n+](C)c(N2B(C)C=Cc3c2oc2ncccc32)cc1-c1ccccc1. The average molecular weight is 1870 g/mol. The summed E-state index contributed by atoms with van der Waals surface area (Å²) in [6.07, 6.45) is 17.3. The molecule has 692 valence electrons. The summed E-state index contributed by atoms with van der Waals surface area (Å²) in [4.78, 5) is 19.1. The van der Waals surface area contributed by atoms with Crippen LogP contribution in [0.15, 0.2) is 380 Å². The van der Waals surface area contributed by atoms with E-state index in [9.17, 15) is 0 Å². The molecule has 0 saturated heterocycles. The summed E-state index contributed by atoms with van der Waals surface area (Å²) in [6, 6.07) is 93.2. The normalized spacial score (nSPS) is 15.5. The second-order valence-corrected chi connectivity index (χ2v) is 36.7. The summed E-state index contributed by atoms with van der Waals surface area (Å²) >= 11 is 0. The van der Waals surface area contributed by atoms with Crippen molar-refractivity contribution in [1.29, 1.82) is 0 Å². The van der Waals surface area contributed by atoms with Crippen LogP contribution in [-0.4, -0.2) is 44.2 Å². The van der Waals surface area contributed by atoms with Gasteiger partial charge in [-0.2, -0.15) is 0 Å². The highest BCUT2D eigenvalue weighted by atomic mass is 16.4. The fourth-order valence-corrected chi connectivity index (χ4v) is 20.1. The Bertz CT molecular complexity index is 9070. The Morgan fingerprint density at radius 2 is 0.599 bits per heavy atom. The number of fused-ring (bicyclic) bond motifs is 15. The van der Waals surface area contributed by atoms with Crippen molar-refractivity contribution >= 4 is 177 Å². The molecule has 25 rings (SSSR count). The Kier molecular flexibility index (Phi) is 20.4. The van der Waals surface area contributed by atoms with Gasteiger partial charge in [-0.05, 0) is 214 Å². The van der Waals surface area contributed by atoms with E-state index in [0.29, 0.717) is 102 Å². The molecular formula is C120H112B5N12O5+5. The van der Waals surface area contributed by atoms with Crippen molar-refractivity contribution < 1.29 is 65.5 Å². The van der Waals surface area contributed by atoms with Crippen LogP contribution in [0.25, 0.3) is 140 Å². The average Bonchev–Trinajstić information content (AvgIpc) is 1.61. The first-order valence-electron chi connectivity index (χ1n) is 55.2. The molecule has 17 heterocycles. The standard InChI is InChI=1S/2C25H24BN2O.C24H22BN2O.2C23H21BN3O/c1-17-15-26(3)28(25-24(17)20-12-8-9-13-22(20)29-25)23-14-21(18(2)16-27(23)4)19-10-6-5-7-11-19;1-17-14-23(27(4)16-21(17)19-10-6-5-7-11-19)28-25-24(18(2)15-26(28)3)20-12-8-9-13-22(20)29-25;1-17-15-23(26(3)16-21(17)18-9-5-4-6-10-18)27-24-20(13-14-25(27)2)19-11-7-8-12-22(19)28-24;1-16-15-26(3)21(14-20(16)17-8-5-4-6-9-17)27-23-19(11-12-24(27)2)18-10-7-13-25-22(18)28-23;1-16-15-24(2)27(23-21(16)19-10-7-12-25-22(19)28-23)20-14-18(11-13-26(20)3)17-8-5-4-6-9-17/h2*5-16H,1-4H3;4-16H,1-3H3;2*4-15H,1-3H3/q5*+1/i1D3,2D3;2D3;;2*1D3. The van der Waals surface area contributed by atoms with E-state index in [1.807, 2.05) is 267 Å². The fourth-order valence-electron chi connectivity index (χ4n) is 20.1. The molecule has 0 N–H and O–H groups in total. The molecule has 0 bridgehead atoms. The lowest BCUT2D eigenvalue weighted by Crippen LogP contribution is -2.44. The molecule has 0 unspecified atom stereocenters. The molecule has 17 nitrogen and oxygen atoms in total. The Hall–Kier alpha value is -16.5. The van der Waals surface area contributed by atoms with E-state index in [4.69, 9.17) is 42.6 Å². The van der Waals surface area contributed by atoms with E-state index in [-0.39, 0.29) is 45.4 Å². The molecule has 142 heavy (non-hydrogen) atoms. The Morgan fingerprint density at radius 1 is 0.275 bits per heavy atom. The molecule has 0 spiro atoms. The summed E-state index contributed by atoms with van der Waals surface area (Å²) in [5, 5.41) is 4.37. The minimum absolute atomic E-state index is 0.0153. The van der Waals surface area contributed by atoms with Crippen molar-refractivity contribution in [3.63, 3.8) is 0 Å². The number of hydrogen-bond donors (Lipinski definition) is 0. The number of benzene rings is 8. The first-order valence-corrected chi connectivity index (χ1v) is 47.7. The minimum atomic E-state index is -2.32. The Morgan fingerprint density at radius 3 is 1.04 bits per heavy atom. The molecule has 0 fully saturated rings. The van der Waals surface area contributed by atoms with E-state index in [1.54, 1.807) is 48.4 Å². The van der Waals surface area contributed by atoms with Crippen molar-refractivity contribution in [3.05, 3.63) is 408 Å². The van der Waals surface area contributed by atoms with Gasteiger partial charge in [-0.25, -0.2) is 32.8 Å². The summed E-state index contributed by atoms with van der Waals surface area (Å²) < 4.78 is 163. The van der Waals surface area contributed by atoms with Crippen LogP contribution in [0.5, 0.6) is 0 Å². The van der Waals surface area contributed by atoms with Crippen LogP contribution in [0.4, 0.5) is 58.5 Å². The number of furan rings is 5. The van der Waals surface area contributed by atoms with Gasteiger partial charge >= 0.3 is 34.2 Å². The van der Waals surface area contributed by atoms with E-state index in [0.717, 1.165) is 106 Å². The monoisotopic (exact) mass is 1870 g/mol. The quantitative estimate of drug-likeness (QED) is 0.0955. The number of rotatable bonds is 10. The number of pyridine rings is 7. The lowest BCUT2D eigenvalue weighted by molar-refractivity contribution is -0.658. The van der Waals surface area contributed by atoms with Crippen LogP contribution in [-0.2, 0) is 35.2 Å². The Labute approximate surface area is 853 Å². The van der Waals surface area contributed by atoms with Gasteiger partial charge in [-0.15, -0.1) is 0 Å². The highest BCUT2D eigenvalue weighted by Crippen LogP contribution is 2.50. The molecule has 12 aromatic heterocycles. The number of hydrogen-bond acceptors (Lipinski definition) is 12. The van der Waals surface area contributed by atoms with Crippen molar-refractivity contribution in [1.82, 2.24) is 9.97 Å². The number of aryl methyl sites for hydroxylation is 9. The van der Waals surface area contributed by atoms with Gasteiger partial charge in [0.15, 0.2) is 0 Å². The van der Waals surface area contributed by atoms with Crippen LogP contribution < -0.4 is 46.9 Å². The van der Waals surface area contributed by atoms with E-state index >= 15 is 0 Å². The first kappa shape index (κ1) is 75.5. The van der Waals surface area contributed by atoms with Crippen LogP contribution >= 0.6 is 0 Å². The molecule has 5 aliphatic rings. The molecule has 22 heteroatoms. The zero-order valence-electron chi connectivity index (χ0n) is 96.0. The summed E-state index contributed by atoms with van der Waals surface area (Å²) in [5.74, 6) is 17.4. The predicted molar refractivity (Wildman–Crippen MR) is 589 cm³/mol. The van der Waals surface area contributed by atoms with Gasteiger partial charge in [0.25, 0.3) is 58.5 Å². The van der Waals surface area contributed by atoms with Gasteiger partial charge < -0.3 is 22.1 Å². The zero-order valence-corrected chi connectivity index (χ0v) is 81.0. The molecule has 5 aliphatic heterocycles. The van der Waals surface area contributed by atoms with Crippen molar-refractivity contribution in [2.45, 2.75) is 82.2 Å². The summed E-state index contributed by atoms with van der Waals surface area (Å²) in [6.45, 7) is 2.57. The van der Waals surface area contributed by atoms with E-state index in [2.05, 4.69) is 196 Å². The third-order valence-electron chi connectivity index (χ3n) is 27.2.